The second-order valence-electron chi connectivity index (χ2n) is 5.84. The van der Waals surface area contributed by atoms with Crippen molar-refractivity contribution in [3.63, 3.8) is 0 Å². The number of phosphoric ester groups is 1. The highest BCUT2D eigenvalue weighted by Crippen LogP contribution is 2.35. The zero-order valence-electron chi connectivity index (χ0n) is 13.0. The van der Waals surface area contributed by atoms with E-state index in [2.05, 4.69) is 4.52 Å². The molecule has 0 aromatic rings. The lowest BCUT2D eigenvalue weighted by molar-refractivity contribution is -0.164. The highest BCUT2D eigenvalue weighted by Gasteiger charge is 2.35. The topological polar surface area (TPSA) is 205 Å². The van der Waals surface area contributed by atoms with Gasteiger partial charge in [-0.2, -0.15) is 0 Å². The van der Waals surface area contributed by atoms with Crippen molar-refractivity contribution in [1.82, 2.24) is 0 Å². The van der Waals surface area contributed by atoms with E-state index < -0.39 is 44.8 Å². The van der Waals surface area contributed by atoms with Gasteiger partial charge in [0, 0.05) is 6.61 Å². The third kappa shape index (κ3) is 13.5. The highest BCUT2D eigenvalue weighted by atomic mass is 31.2. The van der Waals surface area contributed by atoms with Crippen molar-refractivity contribution in [2.45, 2.75) is 45.2 Å². The Morgan fingerprint density at radius 3 is 1.74 bits per heavy atom. The third-order valence-electron chi connectivity index (χ3n) is 2.21. The van der Waals surface area contributed by atoms with Crippen molar-refractivity contribution >= 4 is 13.8 Å². The maximum absolute atomic E-state index is 10.2. The predicted octanol–water partition coefficient (Wildman–Crippen LogP) is -2.35. The molecular formula is C11H25O11P. The molecule has 0 fully saturated rings. The highest BCUT2D eigenvalue weighted by molar-refractivity contribution is 7.46. The van der Waals surface area contributed by atoms with Crippen LogP contribution in [0.5, 0.6) is 0 Å². The number of hydrogen-bond acceptors (Lipinski definition) is 8. The fourth-order valence-electron chi connectivity index (χ4n) is 0.833. The largest absolute Gasteiger partial charge is 0.479 e. The molecule has 0 aromatic heterocycles. The summed E-state index contributed by atoms with van der Waals surface area (Å²) in [6, 6.07) is 0. The summed E-state index contributed by atoms with van der Waals surface area (Å²) in [6.45, 7) is 5.20. The van der Waals surface area contributed by atoms with Crippen LogP contribution in [0.3, 0.4) is 0 Å². The molecule has 0 rings (SSSR count). The fourth-order valence-corrected chi connectivity index (χ4v) is 1.18. The summed E-state index contributed by atoms with van der Waals surface area (Å²) in [5.74, 6) is -1.83. The van der Waals surface area contributed by atoms with E-state index in [1.165, 1.54) is 0 Å². The number of phosphoric acid groups is 1. The van der Waals surface area contributed by atoms with E-state index in [0.717, 1.165) is 0 Å². The van der Waals surface area contributed by atoms with E-state index in [9.17, 15) is 9.36 Å². The van der Waals surface area contributed by atoms with Crippen LogP contribution in [0, 0.1) is 5.41 Å². The van der Waals surface area contributed by atoms with E-state index in [4.69, 9.17) is 40.4 Å². The zero-order valence-corrected chi connectivity index (χ0v) is 13.9. The molecule has 0 amide bonds. The van der Waals surface area contributed by atoms with Gasteiger partial charge in [0.05, 0.1) is 6.61 Å². The molecule has 12 heteroatoms. The predicted molar refractivity (Wildman–Crippen MR) is 76.2 cm³/mol. The first-order chi connectivity index (χ1) is 10.1. The van der Waals surface area contributed by atoms with Crippen molar-refractivity contribution in [3.05, 3.63) is 0 Å². The summed E-state index contributed by atoms with van der Waals surface area (Å²) >= 11 is 0. The maximum Gasteiger partial charge on any atom is 0.469 e. The van der Waals surface area contributed by atoms with Gasteiger partial charge in [-0.1, -0.05) is 20.8 Å². The number of aliphatic hydroxyl groups is 5. The molecule has 0 saturated carbocycles. The van der Waals surface area contributed by atoms with Gasteiger partial charge in [0.15, 0.2) is 6.10 Å². The molecule has 0 radical (unpaired) electrons. The minimum Gasteiger partial charge on any atom is -0.479 e. The quantitative estimate of drug-likeness (QED) is 0.224. The molecule has 140 valence electrons. The zero-order chi connectivity index (χ0) is 19.0. The molecule has 0 heterocycles. The fraction of sp³-hybridized carbons (Fsp3) is 0.909. The van der Waals surface area contributed by atoms with E-state index >= 15 is 0 Å². The second kappa shape index (κ2) is 10.3. The number of carboxylic acids is 1. The number of aliphatic hydroxyl groups excluding tert-OH is 5. The summed E-state index contributed by atoms with van der Waals surface area (Å²) < 4.78 is 14.1. The van der Waals surface area contributed by atoms with Crippen molar-refractivity contribution in [3.8, 4) is 0 Å². The van der Waals surface area contributed by atoms with Crippen molar-refractivity contribution < 1.29 is 54.3 Å². The van der Waals surface area contributed by atoms with Crippen LogP contribution in [-0.4, -0.2) is 84.0 Å². The number of aliphatic carboxylic acids is 1. The molecule has 0 spiro atoms. The Labute approximate surface area is 133 Å². The van der Waals surface area contributed by atoms with Crippen molar-refractivity contribution in [1.29, 1.82) is 0 Å². The van der Waals surface area contributed by atoms with Gasteiger partial charge in [-0.3, -0.25) is 4.52 Å². The Hall–Kier alpha value is -0.620. The normalized spacial score (nSPS) is 17.5. The Balaban J connectivity index is 0. The molecule has 8 N–H and O–H groups in total. The van der Waals surface area contributed by atoms with Gasteiger partial charge in [0.1, 0.15) is 18.3 Å². The maximum atomic E-state index is 10.2. The second-order valence-corrected chi connectivity index (χ2v) is 7.08. The van der Waals surface area contributed by atoms with Crippen LogP contribution in [0.2, 0.25) is 0 Å². The van der Waals surface area contributed by atoms with E-state index in [0.29, 0.717) is 0 Å². The smallest absolute Gasteiger partial charge is 0.469 e. The first kappa shape index (κ1) is 24.6. The molecule has 0 bridgehead atoms. The Morgan fingerprint density at radius 2 is 1.48 bits per heavy atom. The third-order valence-corrected chi connectivity index (χ3v) is 2.69. The summed E-state index contributed by atoms with van der Waals surface area (Å²) in [6.07, 6.45) is -8.71. The lowest BCUT2D eigenvalue weighted by atomic mass is 9.99. The van der Waals surface area contributed by atoms with Gasteiger partial charge in [-0.15, -0.1) is 0 Å². The van der Waals surface area contributed by atoms with Gasteiger partial charge in [-0.05, 0) is 5.41 Å². The van der Waals surface area contributed by atoms with Crippen LogP contribution < -0.4 is 0 Å². The summed E-state index contributed by atoms with van der Waals surface area (Å²) in [5.41, 5.74) is 0.0972. The van der Waals surface area contributed by atoms with Crippen LogP contribution in [0.15, 0.2) is 0 Å². The number of hydrogen-bond donors (Lipinski definition) is 8. The molecule has 0 aromatic carbocycles. The molecule has 0 aliphatic rings. The SMILES string of the molecule is CC(C)(C)CO.O=C(O)C(O)C(O)C(O)C(O)COP(=O)(O)O. The summed E-state index contributed by atoms with van der Waals surface area (Å²) in [5, 5.41) is 52.8. The lowest BCUT2D eigenvalue weighted by Gasteiger charge is -2.24. The first-order valence-corrected chi connectivity index (χ1v) is 7.91. The average molecular weight is 364 g/mol. The summed E-state index contributed by atoms with van der Waals surface area (Å²) in [7, 11) is -4.86. The summed E-state index contributed by atoms with van der Waals surface area (Å²) in [4.78, 5) is 26.8. The molecule has 4 unspecified atom stereocenters. The van der Waals surface area contributed by atoms with E-state index in [1.807, 2.05) is 20.8 Å². The lowest BCUT2D eigenvalue weighted by Crippen LogP contribution is -2.48. The number of carbonyl (C=O) groups is 1. The molecule has 0 saturated heterocycles. The minimum absolute atomic E-state index is 0.0972. The Morgan fingerprint density at radius 1 is 1.09 bits per heavy atom. The minimum atomic E-state index is -4.86. The van der Waals surface area contributed by atoms with Crippen molar-refractivity contribution in [2.24, 2.45) is 5.41 Å². The van der Waals surface area contributed by atoms with Gasteiger partial charge in [-0.25, -0.2) is 9.36 Å². The molecular weight excluding hydrogens is 339 g/mol. The van der Waals surface area contributed by atoms with Gasteiger partial charge in [0.25, 0.3) is 0 Å². The Bertz CT molecular complexity index is 388. The molecule has 0 aliphatic heterocycles. The van der Waals surface area contributed by atoms with Crippen LogP contribution in [0.25, 0.3) is 0 Å². The van der Waals surface area contributed by atoms with Crippen LogP contribution in [-0.2, 0) is 13.9 Å². The number of carboxylic acid groups (broad SMARTS) is 1. The van der Waals surface area contributed by atoms with Gasteiger partial charge in [0.2, 0.25) is 0 Å². The number of rotatable bonds is 7. The van der Waals surface area contributed by atoms with Crippen LogP contribution >= 0.6 is 7.82 Å². The van der Waals surface area contributed by atoms with E-state index in [1.54, 1.807) is 0 Å². The standard InChI is InChI=1S/C6H13O10P.C5H12O/c7-2(1-16-17(13,14)15)3(8)4(9)5(10)6(11)12;1-5(2,3)4-6/h2-5,7-10H,1H2,(H,11,12)(H2,13,14,15);6H,4H2,1-3H3. The molecule has 23 heavy (non-hydrogen) atoms. The van der Waals surface area contributed by atoms with Crippen LogP contribution in [0.4, 0.5) is 0 Å². The van der Waals surface area contributed by atoms with Gasteiger partial charge >= 0.3 is 13.8 Å². The average Bonchev–Trinajstić information content (AvgIpc) is 2.41. The van der Waals surface area contributed by atoms with Crippen LogP contribution in [0.1, 0.15) is 20.8 Å². The molecule has 4 atom stereocenters. The van der Waals surface area contributed by atoms with Crippen molar-refractivity contribution in [2.75, 3.05) is 13.2 Å². The molecule has 11 nitrogen and oxygen atoms in total. The first-order valence-electron chi connectivity index (χ1n) is 6.38. The Kier molecular flexibility index (Phi) is 11.0. The monoisotopic (exact) mass is 364 g/mol. The van der Waals surface area contributed by atoms with E-state index in [-0.39, 0.29) is 12.0 Å². The molecule has 0 aliphatic carbocycles. The van der Waals surface area contributed by atoms with Gasteiger partial charge < -0.3 is 40.4 Å².